The largest absolute Gasteiger partial charge is 0.339 e. The zero-order valence-corrected chi connectivity index (χ0v) is 20.3. The van der Waals surface area contributed by atoms with E-state index < -0.39 is 0 Å². The van der Waals surface area contributed by atoms with Crippen molar-refractivity contribution in [3.63, 3.8) is 0 Å². The molecule has 0 N–H and O–H groups in total. The van der Waals surface area contributed by atoms with Gasteiger partial charge in [-0.05, 0) is 46.9 Å². The summed E-state index contributed by atoms with van der Waals surface area (Å²) in [7, 11) is 0. The number of hydrogen-bond donors (Lipinski definition) is 0. The smallest absolute Gasteiger partial charge is 0.227 e. The number of benzene rings is 3. The van der Waals surface area contributed by atoms with E-state index in [1.54, 1.807) is 29.2 Å². The average Bonchev–Trinajstić information content (AvgIpc) is 3.36. The van der Waals surface area contributed by atoms with Crippen LogP contribution in [-0.2, 0) is 24.3 Å². The Bertz CT molecular complexity index is 1360. The maximum Gasteiger partial charge on any atom is 0.227 e. The van der Waals surface area contributed by atoms with Crippen molar-refractivity contribution in [3.8, 4) is 17.5 Å². The zero-order valence-electron chi connectivity index (χ0n) is 20.3. The maximum atomic E-state index is 13.7. The molecule has 0 fully saturated rings. The highest BCUT2D eigenvalue weighted by atomic mass is 19.1. The van der Waals surface area contributed by atoms with Crippen molar-refractivity contribution in [2.45, 2.75) is 45.7 Å². The van der Waals surface area contributed by atoms with Crippen molar-refractivity contribution in [2.75, 3.05) is 0 Å². The van der Waals surface area contributed by atoms with Gasteiger partial charge in [0, 0.05) is 31.5 Å². The Morgan fingerprint density at radius 1 is 1.03 bits per heavy atom. The molecule has 0 aliphatic rings. The predicted molar refractivity (Wildman–Crippen MR) is 134 cm³/mol. The molecule has 1 heterocycles. The fraction of sp³-hybridized carbons (Fsp3) is 0.241. The van der Waals surface area contributed by atoms with Crippen LogP contribution in [0.3, 0.4) is 0 Å². The highest BCUT2D eigenvalue weighted by Crippen LogP contribution is 2.21. The molecule has 182 valence electrons. The van der Waals surface area contributed by atoms with E-state index in [-0.39, 0.29) is 24.7 Å². The van der Waals surface area contributed by atoms with Gasteiger partial charge >= 0.3 is 0 Å². The SMILES string of the molecule is CC(C)c1ccc(-c2noc(CCC(=O)N(Cc3ccc(C#N)cc3)Cc3cccc(F)c3)n2)cc1. The van der Waals surface area contributed by atoms with Gasteiger partial charge in [-0.3, -0.25) is 4.79 Å². The van der Waals surface area contributed by atoms with Gasteiger partial charge in [0.1, 0.15) is 5.82 Å². The number of aryl methyl sites for hydroxylation is 1. The molecule has 0 aliphatic heterocycles. The van der Waals surface area contributed by atoms with Crippen LogP contribution >= 0.6 is 0 Å². The van der Waals surface area contributed by atoms with E-state index in [1.807, 2.05) is 36.4 Å². The van der Waals surface area contributed by atoms with E-state index in [1.165, 1.54) is 17.7 Å². The minimum absolute atomic E-state index is 0.121. The van der Waals surface area contributed by atoms with Crippen molar-refractivity contribution in [2.24, 2.45) is 0 Å². The van der Waals surface area contributed by atoms with Crippen LogP contribution in [0.5, 0.6) is 0 Å². The van der Waals surface area contributed by atoms with Gasteiger partial charge < -0.3 is 9.42 Å². The standard InChI is InChI=1S/C29H27FN4O2/c1-20(2)24-10-12-25(13-11-24)29-32-27(36-33-29)14-15-28(35)34(19-23-4-3-5-26(30)16-23)18-22-8-6-21(17-31)7-9-22/h3-13,16,20H,14-15,18-19H2,1-2H3. The lowest BCUT2D eigenvalue weighted by molar-refractivity contribution is -0.132. The molecule has 1 amide bonds. The predicted octanol–water partition coefficient (Wildman–Crippen LogP) is 6.03. The lowest BCUT2D eigenvalue weighted by Gasteiger charge is -2.23. The number of carbonyl (C=O) groups is 1. The van der Waals surface area contributed by atoms with Crippen molar-refractivity contribution in [1.29, 1.82) is 5.26 Å². The maximum absolute atomic E-state index is 13.7. The van der Waals surface area contributed by atoms with E-state index in [9.17, 15) is 9.18 Å². The van der Waals surface area contributed by atoms with Crippen LogP contribution < -0.4 is 0 Å². The van der Waals surface area contributed by atoms with Crippen LogP contribution in [0.1, 0.15) is 54.3 Å². The third-order valence-corrected chi connectivity index (χ3v) is 5.93. The number of nitrogens with zero attached hydrogens (tertiary/aromatic N) is 4. The van der Waals surface area contributed by atoms with Crippen molar-refractivity contribution < 1.29 is 13.7 Å². The fourth-order valence-electron chi connectivity index (χ4n) is 3.86. The minimum atomic E-state index is -0.349. The van der Waals surface area contributed by atoms with Gasteiger partial charge in [-0.1, -0.05) is 67.5 Å². The zero-order chi connectivity index (χ0) is 25.5. The molecule has 4 aromatic rings. The van der Waals surface area contributed by atoms with Gasteiger partial charge in [0.25, 0.3) is 0 Å². The number of hydrogen-bond acceptors (Lipinski definition) is 5. The number of amides is 1. The first kappa shape index (κ1) is 24.8. The summed E-state index contributed by atoms with van der Waals surface area (Å²) in [4.78, 5) is 19.3. The first-order valence-corrected chi connectivity index (χ1v) is 11.9. The molecular weight excluding hydrogens is 455 g/mol. The molecular formula is C29H27FN4O2. The number of nitriles is 1. The number of aromatic nitrogens is 2. The average molecular weight is 483 g/mol. The Hall–Kier alpha value is -4.31. The van der Waals surface area contributed by atoms with Gasteiger partial charge in [0.15, 0.2) is 0 Å². The van der Waals surface area contributed by atoms with Crippen LogP contribution in [-0.4, -0.2) is 20.9 Å². The van der Waals surface area contributed by atoms with Crippen molar-refractivity contribution >= 4 is 5.91 Å². The summed E-state index contributed by atoms with van der Waals surface area (Å²) in [6.07, 6.45) is 0.461. The molecule has 7 heteroatoms. The third kappa shape index (κ3) is 6.42. The summed E-state index contributed by atoms with van der Waals surface area (Å²) in [6.45, 7) is 4.86. The normalized spacial score (nSPS) is 10.9. The summed E-state index contributed by atoms with van der Waals surface area (Å²) < 4.78 is 19.1. The highest BCUT2D eigenvalue weighted by Gasteiger charge is 2.18. The van der Waals surface area contributed by atoms with Crippen LogP contribution in [0.4, 0.5) is 4.39 Å². The molecule has 3 aromatic carbocycles. The van der Waals surface area contributed by atoms with Crippen molar-refractivity contribution in [1.82, 2.24) is 15.0 Å². The topological polar surface area (TPSA) is 83.0 Å². The second-order valence-electron chi connectivity index (χ2n) is 8.98. The minimum Gasteiger partial charge on any atom is -0.339 e. The molecule has 4 rings (SSSR count). The first-order valence-electron chi connectivity index (χ1n) is 11.9. The van der Waals surface area contributed by atoms with Crippen LogP contribution in [0.15, 0.2) is 77.3 Å². The number of carbonyl (C=O) groups excluding carboxylic acids is 1. The summed E-state index contributed by atoms with van der Waals surface area (Å²) in [5, 5.41) is 13.1. The fourth-order valence-corrected chi connectivity index (χ4v) is 3.86. The second kappa shape index (κ2) is 11.4. The van der Waals surface area contributed by atoms with Gasteiger partial charge in [0.2, 0.25) is 17.6 Å². The molecule has 0 unspecified atom stereocenters. The van der Waals surface area contributed by atoms with E-state index in [4.69, 9.17) is 9.78 Å². The Morgan fingerprint density at radius 2 is 1.75 bits per heavy atom. The molecule has 6 nitrogen and oxygen atoms in total. The van der Waals surface area contributed by atoms with E-state index in [2.05, 4.69) is 30.1 Å². The third-order valence-electron chi connectivity index (χ3n) is 5.93. The van der Waals surface area contributed by atoms with Crippen LogP contribution in [0.2, 0.25) is 0 Å². The van der Waals surface area contributed by atoms with Gasteiger partial charge in [0.05, 0.1) is 11.6 Å². The molecule has 0 bridgehead atoms. The number of rotatable bonds is 9. The summed E-state index contributed by atoms with van der Waals surface area (Å²) in [5.41, 5.74) is 4.21. The Balaban J connectivity index is 1.44. The molecule has 0 radical (unpaired) electrons. The molecule has 0 saturated carbocycles. The molecule has 0 saturated heterocycles. The molecule has 1 aromatic heterocycles. The summed E-state index contributed by atoms with van der Waals surface area (Å²) in [5.74, 6) is 0.838. The van der Waals surface area contributed by atoms with E-state index in [0.29, 0.717) is 41.7 Å². The Labute approximate surface area is 210 Å². The summed E-state index contributed by atoms with van der Waals surface area (Å²) >= 11 is 0. The Morgan fingerprint density at radius 3 is 2.42 bits per heavy atom. The lowest BCUT2D eigenvalue weighted by atomic mass is 10.0. The summed E-state index contributed by atoms with van der Waals surface area (Å²) in [6, 6.07) is 23.4. The lowest BCUT2D eigenvalue weighted by Crippen LogP contribution is -2.30. The van der Waals surface area contributed by atoms with E-state index >= 15 is 0 Å². The number of halogens is 1. The first-order chi connectivity index (χ1) is 17.4. The highest BCUT2D eigenvalue weighted by molar-refractivity contribution is 5.76. The van der Waals surface area contributed by atoms with Crippen LogP contribution in [0.25, 0.3) is 11.4 Å². The van der Waals surface area contributed by atoms with Gasteiger partial charge in [-0.2, -0.15) is 10.2 Å². The van der Waals surface area contributed by atoms with E-state index in [0.717, 1.165) is 11.1 Å². The monoisotopic (exact) mass is 482 g/mol. The van der Waals surface area contributed by atoms with Crippen LogP contribution in [0, 0.1) is 17.1 Å². The Kier molecular flexibility index (Phi) is 7.86. The molecule has 0 spiro atoms. The second-order valence-corrected chi connectivity index (χ2v) is 8.98. The van der Waals surface area contributed by atoms with Gasteiger partial charge in [-0.25, -0.2) is 4.39 Å². The van der Waals surface area contributed by atoms with Gasteiger partial charge in [-0.15, -0.1) is 0 Å². The molecule has 36 heavy (non-hydrogen) atoms. The quantitative estimate of drug-likeness (QED) is 0.291. The molecule has 0 aliphatic carbocycles. The van der Waals surface area contributed by atoms with Crippen molar-refractivity contribution in [3.05, 3.63) is 107 Å². The molecule has 0 atom stereocenters.